The minimum atomic E-state index is -0.143. The van der Waals surface area contributed by atoms with E-state index in [1.807, 2.05) is 30.3 Å². The summed E-state index contributed by atoms with van der Waals surface area (Å²) in [4.78, 5) is 12.3. The molecule has 1 atom stereocenters. The quantitative estimate of drug-likeness (QED) is 0.886. The third-order valence-corrected chi connectivity index (χ3v) is 4.64. The zero-order valence-corrected chi connectivity index (χ0v) is 14.8. The van der Waals surface area contributed by atoms with Crippen LogP contribution in [-0.2, 0) is 4.79 Å². The van der Waals surface area contributed by atoms with E-state index in [0.717, 1.165) is 23.2 Å². The van der Waals surface area contributed by atoms with E-state index in [4.69, 9.17) is 18.9 Å². The summed E-state index contributed by atoms with van der Waals surface area (Å²) >= 11 is 0. The summed E-state index contributed by atoms with van der Waals surface area (Å²) < 4.78 is 22.4. The Morgan fingerprint density at radius 1 is 1.19 bits per heavy atom. The molecule has 2 aliphatic rings. The number of carbonyl (C=O) groups is 1. The number of carbonyl (C=O) groups excluding carboxylic acids is 1. The molecule has 6 heteroatoms. The van der Waals surface area contributed by atoms with Gasteiger partial charge in [-0.05, 0) is 24.1 Å². The van der Waals surface area contributed by atoms with E-state index in [1.54, 1.807) is 7.11 Å². The molecular formula is C20H21NO5. The maximum absolute atomic E-state index is 12.3. The van der Waals surface area contributed by atoms with E-state index in [0.29, 0.717) is 36.0 Å². The summed E-state index contributed by atoms with van der Waals surface area (Å²) in [6.45, 7) is 2.83. The van der Waals surface area contributed by atoms with Crippen LogP contribution in [0.5, 0.6) is 23.0 Å². The Kier molecular flexibility index (Phi) is 4.32. The molecule has 0 saturated carbocycles. The lowest BCUT2D eigenvalue weighted by atomic mass is 9.84. The minimum absolute atomic E-state index is 0.0365. The molecule has 0 unspecified atom stereocenters. The van der Waals surface area contributed by atoms with Crippen LogP contribution in [0.25, 0.3) is 0 Å². The summed E-state index contributed by atoms with van der Waals surface area (Å²) in [5, 5.41) is 2.93. The predicted octanol–water partition coefficient (Wildman–Crippen LogP) is 3.69. The summed E-state index contributed by atoms with van der Waals surface area (Å²) in [7, 11) is 1.62. The van der Waals surface area contributed by atoms with Crippen molar-refractivity contribution >= 4 is 11.6 Å². The number of ether oxygens (including phenoxy) is 4. The number of hydrogen-bond acceptors (Lipinski definition) is 5. The van der Waals surface area contributed by atoms with Crippen LogP contribution in [0.3, 0.4) is 0 Å². The molecule has 0 bridgehead atoms. The van der Waals surface area contributed by atoms with Gasteiger partial charge in [0, 0.05) is 29.7 Å². The average molecular weight is 355 g/mol. The van der Waals surface area contributed by atoms with Crippen molar-refractivity contribution in [2.24, 2.45) is 0 Å². The maximum atomic E-state index is 12.3. The van der Waals surface area contributed by atoms with Crippen molar-refractivity contribution in [3.8, 4) is 23.0 Å². The molecule has 0 aliphatic carbocycles. The molecule has 2 heterocycles. The zero-order valence-electron chi connectivity index (χ0n) is 14.8. The van der Waals surface area contributed by atoms with E-state index in [-0.39, 0.29) is 18.6 Å². The molecule has 0 spiro atoms. The number of methoxy groups -OCH3 is 1. The Morgan fingerprint density at radius 3 is 2.77 bits per heavy atom. The topological polar surface area (TPSA) is 66.0 Å². The van der Waals surface area contributed by atoms with Gasteiger partial charge in [-0.3, -0.25) is 4.79 Å². The lowest BCUT2D eigenvalue weighted by Gasteiger charge is -2.28. The number of para-hydroxylation sites is 1. The first kappa shape index (κ1) is 16.6. The molecule has 1 amide bonds. The molecule has 2 aliphatic heterocycles. The second kappa shape index (κ2) is 6.78. The monoisotopic (exact) mass is 355 g/mol. The molecule has 2 aromatic rings. The van der Waals surface area contributed by atoms with Crippen LogP contribution in [0.1, 0.15) is 36.8 Å². The van der Waals surface area contributed by atoms with Crippen molar-refractivity contribution in [2.45, 2.75) is 25.7 Å². The first-order valence-electron chi connectivity index (χ1n) is 8.74. The Hall–Kier alpha value is -2.89. The minimum Gasteiger partial charge on any atom is -0.493 e. The van der Waals surface area contributed by atoms with Crippen LogP contribution >= 0.6 is 0 Å². The third kappa shape index (κ3) is 2.81. The van der Waals surface area contributed by atoms with E-state index >= 15 is 0 Å². The van der Waals surface area contributed by atoms with E-state index in [1.165, 1.54) is 0 Å². The van der Waals surface area contributed by atoms with Gasteiger partial charge >= 0.3 is 0 Å². The standard InChI is InChI=1S/C20H21NO5/c1-3-7-24-20-12(5-4-6-16(20)23-2)13-9-19(22)21-15-10-18-17(8-14(13)15)25-11-26-18/h4-6,8,10,13H,3,7,9,11H2,1-2H3,(H,21,22)/t13-/m0/s1. The van der Waals surface area contributed by atoms with Crippen LogP contribution in [-0.4, -0.2) is 26.4 Å². The van der Waals surface area contributed by atoms with Gasteiger partial charge in [0.1, 0.15) is 0 Å². The smallest absolute Gasteiger partial charge is 0.231 e. The van der Waals surface area contributed by atoms with Crippen LogP contribution < -0.4 is 24.3 Å². The molecule has 6 nitrogen and oxygen atoms in total. The summed E-state index contributed by atoms with van der Waals surface area (Å²) in [6, 6.07) is 9.56. The largest absolute Gasteiger partial charge is 0.493 e. The molecule has 1 N–H and O–H groups in total. The van der Waals surface area contributed by atoms with Gasteiger partial charge in [-0.25, -0.2) is 0 Å². The molecule has 136 valence electrons. The summed E-state index contributed by atoms with van der Waals surface area (Å²) in [5.41, 5.74) is 2.68. The molecule has 0 saturated heterocycles. The van der Waals surface area contributed by atoms with Gasteiger partial charge in [-0.2, -0.15) is 0 Å². The lowest BCUT2D eigenvalue weighted by Crippen LogP contribution is -2.24. The third-order valence-electron chi connectivity index (χ3n) is 4.64. The Morgan fingerprint density at radius 2 is 2.00 bits per heavy atom. The normalized spacial score (nSPS) is 17.5. The van der Waals surface area contributed by atoms with Crippen molar-refractivity contribution < 1.29 is 23.7 Å². The van der Waals surface area contributed by atoms with Crippen LogP contribution in [0.4, 0.5) is 5.69 Å². The molecule has 2 aromatic carbocycles. The van der Waals surface area contributed by atoms with Crippen LogP contribution in [0.15, 0.2) is 30.3 Å². The highest BCUT2D eigenvalue weighted by molar-refractivity contribution is 5.96. The molecule has 0 aromatic heterocycles. The van der Waals surface area contributed by atoms with Crippen molar-refractivity contribution in [1.29, 1.82) is 0 Å². The Balaban J connectivity index is 1.83. The van der Waals surface area contributed by atoms with E-state index in [9.17, 15) is 4.79 Å². The SMILES string of the molecule is CCCOc1c(OC)cccc1[C@@H]1CC(=O)Nc2cc3c(cc21)OCO3. The van der Waals surface area contributed by atoms with Gasteiger partial charge in [-0.1, -0.05) is 19.1 Å². The second-order valence-corrected chi connectivity index (χ2v) is 6.32. The van der Waals surface area contributed by atoms with Gasteiger partial charge in [0.15, 0.2) is 23.0 Å². The first-order valence-corrected chi connectivity index (χ1v) is 8.74. The first-order chi connectivity index (χ1) is 12.7. The number of fused-ring (bicyclic) bond motifs is 2. The Bertz CT molecular complexity index is 848. The lowest BCUT2D eigenvalue weighted by molar-refractivity contribution is -0.116. The molecule has 0 radical (unpaired) electrons. The zero-order chi connectivity index (χ0) is 18.1. The van der Waals surface area contributed by atoms with Crippen molar-refractivity contribution in [3.05, 3.63) is 41.5 Å². The number of benzene rings is 2. The highest BCUT2D eigenvalue weighted by atomic mass is 16.7. The average Bonchev–Trinajstić information content (AvgIpc) is 3.11. The van der Waals surface area contributed by atoms with Gasteiger partial charge in [0.2, 0.25) is 12.7 Å². The number of rotatable bonds is 5. The molecular weight excluding hydrogens is 334 g/mol. The molecule has 4 rings (SSSR count). The van der Waals surface area contributed by atoms with Crippen molar-refractivity contribution in [1.82, 2.24) is 0 Å². The van der Waals surface area contributed by atoms with Gasteiger partial charge in [-0.15, -0.1) is 0 Å². The summed E-state index contributed by atoms with van der Waals surface area (Å²) in [5.74, 6) is 2.53. The van der Waals surface area contributed by atoms with Crippen LogP contribution in [0, 0.1) is 0 Å². The number of anilines is 1. The van der Waals surface area contributed by atoms with E-state index in [2.05, 4.69) is 12.2 Å². The van der Waals surface area contributed by atoms with Gasteiger partial charge in [0.05, 0.1) is 13.7 Å². The highest BCUT2D eigenvalue weighted by Gasteiger charge is 2.32. The van der Waals surface area contributed by atoms with E-state index < -0.39 is 0 Å². The number of nitrogens with one attached hydrogen (secondary N) is 1. The fraction of sp³-hybridized carbons (Fsp3) is 0.350. The summed E-state index contributed by atoms with van der Waals surface area (Å²) in [6.07, 6.45) is 1.22. The van der Waals surface area contributed by atoms with Gasteiger partial charge in [0.25, 0.3) is 0 Å². The second-order valence-electron chi connectivity index (χ2n) is 6.32. The fourth-order valence-corrected chi connectivity index (χ4v) is 3.45. The fourth-order valence-electron chi connectivity index (χ4n) is 3.45. The van der Waals surface area contributed by atoms with Crippen molar-refractivity contribution in [3.63, 3.8) is 0 Å². The number of amides is 1. The van der Waals surface area contributed by atoms with Crippen molar-refractivity contribution in [2.75, 3.05) is 25.8 Å². The molecule has 0 fully saturated rings. The van der Waals surface area contributed by atoms with Crippen LogP contribution in [0.2, 0.25) is 0 Å². The van der Waals surface area contributed by atoms with Gasteiger partial charge < -0.3 is 24.3 Å². The molecule has 26 heavy (non-hydrogen) atoms. The maximum Gasteiger partial charge on any atom is 0.231 e. The number of hydrogen-bond donors (Lipinski definition) is 1. The highest BCUT2D eigenvalue weighted by Crippen LogP contribution is 2.48. The predicted molar refractivity (Wildman–Crippen MR) is 96.4 cm³/mol. The Labute approximate surface area is 152 Å².